The highest BCUT2D eigenvalue weighted by molar-refractivity contribution is 4.86. The van der Waals surface area contributed by atoms with Crippen LogP contribution in [-0.2, 0) is 0 Å². The van der Waals surface area contributed by atoms with Gasteiger partial charge >= 0.3 is 0 Å². The molecule has 0 heterocycles. The number of rotatable bonds is 3. The standard InChI is InChI=1S/C10H21N2/c1-7-9-12(5,6)10(8-2)11(3)4/h10H,8H2,1-6H3/q+1. The number of hydrogen-bond acceptors (Lipinski definition) is 1. The largest absolute Gasteiger partial charge is 0.259 e. The molecule has 0 aromatic heterocycles. The van der Waals surface area contributed by atoms with Gasteiger partial charge in [0.25, 0.3) is 0 Å². The first-order valence-electron chi connectivity index (χ1n) is 4.39. The van der Waals surface area contributed by atoms with Crippen LogP contribution in [0.1, 0.15) is 20.3 Å². The summed E-state index contributed by atoms with van der Waals surface area (Å²) in [6, 6.07) is 3.20. The summed E-state index contributed by atoms with van der Waals surface area (Å²) in [6.07, 6.45) is 1.60. The van der Waals surface area contributed by atoms with Gasteiger partial charge in [0.1, 0.15) is 6.04 Å². The Bertz CT molecular complexity index is 184. The highest BCUT2D eigenvalue weighted by Gasteiger charge is 2.26. The van der Waals surface area contributed by atoms with Crippen LogP contribution in [-0.4, -0.2) is 43.7 Å². The lowest BCUT2D eigenvalue weighted by atomic mass is 10.3. The van der Waals surface area contributed by atoms with Crippen LogP contribution in [0.5, 0.6) is 0 Å². The van der Waals surface area contributed by atoms with Crippen LogP contribution in [0.25, 0.3) is 0 Å². The zero-order chi connectivity index (χ0) is 9.78. The van der Waals surface area contributed by atoms with Crippen molar-refractivity contribution in [3.63, 3.8) is 0 Å². The topological polar surface area (TPSA) is 3.24 Å². The fourth-order valence-corrected chi connectivity index (χ4v) is 1.76. The molecule has 0 aliphatic carbocycles. The van der Waals surface area contributed by atoms with Gasteiger partial charge in [0.2, 0.25) is 0 Å². The Morgan fingerprint density at radius 2 is 1.83 bits per heavy atom. The van der Waals surface area contributed by atoms with E-state index in [4.69, 9.17) is 0 Å². The molecule has 0 N–H and O–H groups in total. The molecule has 0 aromatic carbocycles. The molecule has 2 nitrogen and oxygen atoms in total. The van der Waals surface area contributed by atoms with Gasteiger partial charge in [-0.3, -0.25) is 4.90 Å². The minimum Gasteiger partial charge on any atom is -0.259 e. The van der Waals surface area contributed by atoms with E-state index in [-0.39, 0.29) is 0 Å². The van der Waals surface area contributed by atoms with Gasteiger partial charge in [0.05, 0.1) is 14.1 Å². The quantitative estimate of drug-likeness (QED) is 0.350. The molecule has 0 fully saturated rings. The molecule has 0 amide bonds. The van der Waals surface area contributed by atoms with Gasteiger partial charge < -0.3 is 0 Å². The molecule has 0 bridgehead atoms. The van der Waals surface area contributed by atoms with Crippen LogP contribution < -0.4 is 0 Å². The molecule has 12 heavy (non-hydrogen) atoms. The average Bonchev–Trinajstić information content (AvgIpc) is 1.86. The maximum absolute atomic E-state index is 3.20. The molecular formula is C10H21N2+. The summed E-state index contributed by atoms with van der Waals surface area (Å²) in [4.78, 5) is 2.23. The van der Waals surface area contributed by atoms with Crippen molar-refractivity contribution in [3.05, 3.63) is 0 Å². The normalized spacial score (nSPS) is 13.9. The van der Waals surface area contributed by atoms with Crippen molar-refractivity contribution in [1.29, 1.82) is 0 Å². The Hall–Kier alpha value is -0.520. The summed E-state index contributed by atoms with van der Waals surface area (Å²) in [6.45, 7) is 4.09. The monoisotopic (exact) mass is 169 g/mol. The number of hydrogen-bond donors (Lipinski definition) is 0. The van der Waals surface area contributed by atoms with E-state index in [0.29, 0.717) is 6.17 Å². The van der Waals surface area contributed by atoms with Crippen LogP contribution in [0.2, 0.25) is 0 Å². The van der Waals surface area contributed by atoms with Crippen molar-refractivity contribution < 1.29 is 4.48 Å². The highest BCUT2D eigenvalue weighted by atomic mass is 15.4. The van der Waals surface area contributed by atoms with Crippen molar-refractivity contribution >= 4 is 0 Å². The lowest BCUT2D eigenvalue weighted by Gasteiger charge is -2.35. The fourth-order valence-electron chi connectivity index (χ4n) is 1.76. The highest BCUT2D eigenvalue weighted by Crippen LogP contribution is 2.10. The fraction of sp³-hybridized carbons (Fsp3) is 0.800. The maximum Gasteiger partial charge on any atom is 0.156 e. The van der Waals surface area contributed by atoms with Gasteiger partial charge in [-0.15, -0.1) is 0 Å². The Morgan fingerprint density at radius 1 is 1.33 bits per heavy atom. The summed E-state index contributed by atoms with van der Waals surface area (Å²) < 4.78 is 0.750. The van der Waals surface area contributed by atoms with Crippen LogP contribution in [0.15, 0.2) is 0 Å². The van der Waals surface area contributed by atoms with E-state index in [9.17, 15) is 0 Å². The van der Waals surface area contributed by atoms with Gasteiger partial charge in [-0.05, 0) is 20.0 Å². The van der Waals surface area contributed by atoms with Crippen LogP contribution in [0, 0.1) is 12.0 Å². The third-order valence-corrected chi connectivity index (χ3v) is 2.11. The van der Waals surface area contributed by atoms with E-state index in [2.05, 4.69) is 52.0 Å². The molecule has 0 aliphatic heterocycles. The van der Waals surface area contributed by atoms with Crippen molar-refractivity contribution in [1.82, 2.24) is 4.90 Å². The predicted octanol–water partition coefficient (Wildman–Crippen LogP) is 1.34. The molecule has 0 saturated carbocycles. The number of quaternary nitrogens is 1. The summed E-state index contributed by atoms with van der Waals surface area (Å²) in [7, 11) is 8.49. The second-order valence-electron chi connectivity index (χ2n) is 3.75. The molecule has 2 heteroatoms. The van der Waals surface area contributed by atoms with Gasteiger partial charge in [0.15, 0.2) is 6.17 Å². The Kier molecular flexibility index (Phi) is 4.30. The van der Waals surface area contributed by atoms with Gasteiger partial charge in [0, 0.05) is 13.3 Å². The van der Waals surface area contributed by atoms with Crippen molar-refractivity contribution in [2.45, 2.75) is 26.4 Å². The summed E-state index contributed by atoms with van der Waals surface area (Å²) in [5.74, 6) is 2.97. The first kappa shape index (κ1) is 11.5. The minimum atomic E-state index is 0.484. The molecule has 70 valence electrons. The summed E-state index contributed by atoms with van der Waals surface area (Å²) in [5.41, 5.74) is 0. The van der Waals surface area contributed by atoms with Gasteiger partial charge in [-0.25, -0.2) is 4.48 Å². The van der Waals surface area contributed by atoms with Gasteiger partial charge in [-0.2, -0.15) is 0 Å². The first-order chi connectivity index (χ1) is 5.45. The Labute approximate surface area is 76.8 Å². The first-order valence-corrected chi connectivity index (χ1v) is 4.39. The molecular weight excluding hydrogens is 148 g/mol. The lowest BCUT2D eigenvalue weighted by Crippen LogP contribution is -2.52. The summed E-state index contributed by atoms with van der Waals surface area (Å²) in [5, 5.41) is 0. The van der Waals surface area contributed by atoms with Crippen molar-refractivity contribution in [3.8, 4) is 12.0 Å². The number of nitrogens with zero attached hydrogens (tertiary/aromatic N) is 2. The smallest absolute Gasteiger partial charge is 0.156 e. The van der Waals surface area contributed by atoms with Crippen molar-refractivity contribution in [2.75, 3.05) is 28.2 Å². The second kappa shape index (κ2) is 4.49. The molecule has 0 aromatic rings. The van der Waals surface area contributed by atoms with Crippen LogP contribution >= 0.6 is 0 Å². The Balaban J connectivity index is 4.55. The third-order valence-electron chi connectivity index (χ3n) is 2.11. The zero-order valence-corrected chi connectivity index (χ0v) is 9.18. The summed E-state index contributed by atoms with van der Waals surface area (Å²) >= 11 is 0. The van der Waals surface area contributed by atoms with E-state index in [1.54, 1.807) is 0 Å². The van der Waals surface area contributed by atoms with Gasteiger partial charge in [-0.1, -0.05) is 6.92 Å². The molecule has 1 atom stereocenters. The lowest BCUT2D eigenvalue weighted by molar-refractivity contribution is -0.862. The van der Waals surface area contributed by atoms with Crippen molar-refractivity contribution in [2.24, 2.45) is 0 Å². The molecule has 0 aliphatic rings. The molecule has 0 spiro atoms. The second-order valence-corrected chi connectivity index (χ2v) is 3.75. The predicted molar refractivity (Wildman–Crippen MR) is 53.3 cm³/mol. The van der Waals surface area contributed by atoms with E-state index in [1.165, 1.54) is 0 Å². The molecule has 0 rings (SSSR count). The minimum absolute atomic E-state index is 0.484. The zero-order valence-electron chi connectivity index (χ0n) is 9.18. The van der Waals surface area contributed by atoms with E-state index >= 15 is 0 Å². The molecule has 1 unspecified atom stereocenters. The van der Waals surface area contributed by atoms with E-state index < -0.39 is 0 Å². The van der Waals surface area contributed by atoms with Crippen LogP contribution in [0.3, 0.4) is 0 Å². The molecule has 0 radical (unpaired) electrons. The SMILES string of the molecule is CC#C[N+](C)(C)C(CC)N(C)C. The third kappa shape index (κ3) is 2.84. The molecule has 0 saturated heterocycles. The van der Waals surface area contributed by atoms with Crippen LogP contribution in [0.4, 0.5) is 0 Å². The average molecular weight is 169 g/mol. The maximum atomic E-state index is 3.20. The van der Waals surface area contributed by atoms with E-state index in [1.807, 2.05) is 6.92 Å². The Morgan fingerprint density at radius 3 is 2.08 bits per heavy atom. The van der Waals surface area contributed by atoms with E-state index in [0.717, 1.165) is 10.9 Å².